The van der Waals surface area contributed by atoms with Gasteiger partial charge in [-0.1, -0.05) is 17.7 Å². The number of sulfonamides is 1. The number of urea groups is 1. The molecule has 1 aliphatic heterocycles. The van der Waals surface area contributed by atoms with E-state index in [9.17, 15) is 22.8 Å². The number of halogens is 1. The Morgan fingerprint density at radius 2 is 1.65 bits per heavy atom. The van der Waals surface area contributed by atoms with Crippen LogP contribution in [0, 0.1) is 13.8 Å². The molecule has 1 saturated heterocycles. The van der Waals surface area contributed by atoms with Gasteiger partial charge in [0.05, 0.1) is 10.6 Å². The number of hydrogen-bond donors (Lipinski definition) is 2. The number of aromatic nitrogens is 1. The topological polar surface area (TPSA) is 132 Å². The van der Waals surface area contributed by atoms with Gasteiger partial charge in [-0.25, -0.2) is 23.3 Å². The van der Waals surface area contributed by atoms with Gasteiger partial charge in [0.25, 0.3) is 11.8 Å². The number of nitrogens with zero attached hydrogens (tertiary/aromatic N) is 2. The van der Waals surface area contributed by atoms with Crippen molar-refractivity contribution in [1.82, 2.24) is 9.88 Å². The van der Waals surface area contributed by atoms with E-state index >= 15 is 0 Å². The molecule has 0 aliphatic carbocycles. The Kier molecular flexibility index (Phi) is 5.90. The van der Waals surface area contributed by atoms with Gasteiger partial charge >= 0.3 is 6.03 Å². The molecule has 0 spiro atoms. The summed E-state index contributed by atoms with van der Waals surface area (Å²) in [5, 5.41) is 7.68. The van der Waals surface area contributed by atoms with Crippen LogP contribution in [-0.4, -0.2) is 30.8 Å². The molecule has 1 aromatic heterocycles. The SMILES string of the molecule is Cc1cc(/C=C2\C(=O)NC(=O)N(c3cccc(Cl)c3)C2=O)c(C)n1-c1ccc(S(N)(=O)=O)cc1. The van der Waals surface area contributed by atoms with Crippen LogP contribution in [0.15, 0.2) is 65.1 Å². The van der Waals surface area contributed by atoms with Crippen LogP contribution >= 0.6 is 11.6 Å². The lowest BCUT2D eigenvalue weighted by Gasteiger charge is -2.26. The molecular weight excluding hydrogens is 480 g/mol. The van der Waals surface area contributed by atoms with Crippen LogP contribution in [0.25, 0.3) is 11.8 Å². The summed E-state index contributed by atoms with van der Waals surface area (Å²) in [7, 11) is -3.82. The number of anilines is 1. The predicted octanol–water partition coefficient (Wildman–Crippen LogP) is 3.06. The molecule has 1 fully saturated rings. The summed E-state index contributed by atoms with van der Waals surface area (Å²) in [6, 6.07) is 13.1. The van der Waals surface area contributed by atoms with Crippen LogP contribution in [0.3, 0.4) is 0 Å². The maximum Gasteiger partial charge on any atom is 0.335 e. The van der Waals surface area contributed by atoms with E-state index in [4.69, 9.17) is 16.7 Å². The second-order valence-corrected chi connectivity index (χ2v) is 9.64. The minimum atomic E-state index is -3.82. The summed E-state index contributed by atoms with van der Waals surface area (Å²) in [6.45, 7) is 3.62. The summed E-state index contributed by atoms with van der Waals surface area (Å²) in [5.41, 5.74) is 2.73. The van der Waals surface area contributed by atoms with Crippen molar-refractivity contribution in [2.24, 2.45) is 5.14 Å². The maximum atomic E-state index is 13.1. The first-order valence-corrected chi connectivity index (χ1v) is 11.9. The molecule has 0 bridgehead atoms. The number of amides is 4. The van der Waals surface area contributed by atoms with Gasteiger partial charge in [0.15, 0.2) is 0 Å². The highest BCUT2D eigenvalue weighted by Crippen LogP contribution is 2.27. The van der Waals surface area contributed by atoms with Gasteiger partial charge in [-0.2, -0.15) is 0 Å². The highest BCUT2D eigenvalue weighted by molar-refractivity contribution is 7.89. The maximum absolute atomic E-state index is 13.1. The molecule has 1 aliphatic rings. The first-order chi connectivity index (χ1) is 16.0. The van der Waals surface area contributed by atoms with Crippen molar-refractivity contribution in [1.29, 1.82) is 0 Å². The van der Waals surface area contributed by atoms with Crippen LogP contribution in [0.2, 0.25) is 5.02 Å². The summed E-state index contributed by atoms with van der Waals surface area (Å²) in [6.07, 6.45) is 1.42. The lowest BCUT2D eigenvalue weighted by atomic mass is 10.1. The number of hydrogen-bond acceptors (Lipinski definition) is 5. The second-order valence-electron chi connectivity index (χ2n) is 7.64. The Hall–Kier alpha value is -3.73. The zero-order valence-electron chi connectivity index (χ0n) is 18.1. The van der Waals surface area contributed by atoms with Gasteiger partial charge < -0.3 is 4.57 Å². The fourth-order valence-corrected chi connectivity index (χ4v) is 4.48. The van der Waals surface area contributed by atoms with E-state index < -0.39 is 27.9 Å². The molecule has 2 aromatic carbocycles. The van der Waals surface area contributed by atoms with E-state index in [0.717, 1.165) is 10.6 Å². The van der Waals surface area contributed by atoms with Crippen molar-refractivity contribution in [2.75, 3.05) is 4.90 Å². The average molecular weight is 499 g/mol. The van der Waals surface area contributed by atoms with E-state index in [1.807, 2.05) is 11.5 Å². The summed E-state index contributed by atoms with van der Waals surface area (Å²) in [5.74, 6) is -1.59. The predicted molar refractivity (Wildman–Crippen MR) is 127 cm³/mol. The van der Waals surface area contributed by atoms with Crippen LogP contribution in [-0.2, 0) is 19.6 Å². The molecule has 3 N–H and O–H groups in total. The first kappa shape index (κ1) is 23.4. The molecule has 0 saturated carbocycles. The largest absolute Gasteiger partial charge is 0.335 e. The van der Waals surface area contributed by atoms with Crippen LogP contribution in [0.4, 0.5) is 10.5 Å². The van der Waals surface area contributed by atoms with Crippen molar-refractivity contribution in [3.05, 3.63) is 82.1 Å². The number of aryl methyl sites for hydroxylation is 1. The zero-order valence-corrected chi connectivity index (χ0v) is 19.6. The van der Waals surface area contributed by atoms with Crippen LogP contribution in [0.1, 0.15) is 17.0 Å². The molecule has 4 amide bonds. The molecule has 11 heteroatoms. The molecular formula is C23H19ClN4O5S. The fourth-order valence-electron chi connectivity index (χ4n) is 3.78. The van der Waals surface area contributed by atoms with Crippen LogP contribution < -0.4 is 15.4 Å². The number of barbiturate groups is 1. The quantitative estimate of drug-likeness (QED) is 0.421. The minimum Gasteiger partial charge on any atom is -0.318 e. The van der Waals surface area contributed by atoms with Gasteiger partial charge in [0, 0.05) is 22.1 Å². The number of carbonyl (C=O) groups is 3. The van der Waals surface area contributed by atoms with Gasteiger partial charge in [0.2, 0.25) is 10.0 Å². The molecule has 174 valence electrons. The molecule has 4 rings (SSSR count). The summed E-state index contributed by atoms with van der Waals surface area (Å²) >= 11 is 5.99. The molecule has 34 heavy (non-hydrogen) atoms. The molecule has 3 aromatic rings. The molecule has 9 nitrogen and oxygen atoms in total. The zero-order chi connectivity index (χ0) is 24.8. The lowest BCUT2D eigenvalue weighted by molar-refractivity contribution is -0.122. The third kappa shape index (κ3) is 4.26. The highest BCUT2D eigenvalue weighted by Gasteiger charge is 2.37. The number of carbonyl (C=O) groups excluding carboxylic acids is 3. The fraction of sp³-hybridized carbons (Fsp3) is 0.0870. The standard InChI is InChI=1S/C23H19ClN4O5S/c1-13-10-15(14(2)27(13)17-6-8-19(9-7-17)34(25,32)33)11-20-21(29)26-23(31)28(22(20)30)18-5-3-4-16(24)12-18/h3-12H,1-2H3,(H2,25,32,33)(H,26,29,31)/b20-11+. The highest BCUT2D eigenvalue weighted by atomic mass is 35.5. The Bertz CT molecular complexity index is 1490. The third-order valence-electron chi connectivity index (χ3n) is 5.36. The normalized spacial score (nSPS) is 15.7. The first-order valence-electron chi connectivity index (χ1n) is 9.96. The van der Waals surface area contributed by atoms with Crippen molar-refractivity contribution < 1.29 is 22.8 Å². The number of primary sulfonamides is 1. The van der Waals surface area contributed by atoms with Gasteiger partial charge in [-0.3, -0.25) is 14.9 Å². The van der Waals surface area contributed by atoms with E-state index in [2.05, 4.69) is 5.32 Å². The number of rotatable bonds is 4. The molecule has 0 atom stereocenters. The van der Waals surface area contributed by atoms with Crippen molar-refractivity contribution in [3.63, 3.8) is 0 Å². The lowest BCUT2D eigenvalue weighted by Crippen LogP contribution is -2.54. The average Bonchev–Trinajstić information content (AvgIpc) is 3.03. The Morgan fingerprint density at radius 1 is 0.971 bits per heavy atom. The molecule has 0 radical (unpaired) electrons. The van der Waals surface area contributed by atoms with Crippen molar-refractivity contribution >= 4 is 51.2 Å². The van der Waals surface area contributed by atoms with Crippen LogP contribution in [0.5, 0.6) is 0 Å². The molecule has 2 heterocycles. The van der Waals surface area contributed by atoms with Gasteiger partial charge in [-0.05, 0) is 74.0 Å². The van der Waals surface area contributed by atoms with E-state index in [1.165, 1.54) is 30.3 Å². The second kappa shape index (κ2) is 8.56. The Morgan fingerprint density at radius 3 is 2.26 bits per heavy atom. The van der Waals surface area contributed by atoms with E-state index in [-0.39, 0.29) is 16.2 Å². The number of nitrogens with two attached hydrogens (primary N) is 1. The third-order valence-corrected chi connectivity index (χ3v) is 6.53. The minimum absolute atomic E-state index is 0.0173. The number of imide groups is 2. The molecule has 0 unspecified atom stereocenters. The summed E-state index contributed by atoms with van der Waals surface area (Å²) in [4.78, 5) is 38.9. The number of benzene rings is 2. The number of nitrogens with one attached hydrogen (secondary N) is 1. The van der Waals surface area contributed by atoms with Crippen molar-refractivity contribution in [3.8, 4) is 5.69 Å². The smallest absolute Gasteiger partial charge is 0.318 e. The summed E-state index contributed by atoms with van der Waals surface area (Å²) < 4.78 is 24.9. The Balaban J connectivity index is 1.74. The monoisotopic (exact) mass is 498 g/mol. The van der Waals surface area contributed by atoms with E-state index in [0.29, 0.717) is 22.0 Å². The van der Waals surface area contributed by atoms with Gasteiger partial charge in [0.1, 0.15) is 5.57 Å². The van der Waals surface area contributed by atoms with Gasteiger partial charge in [-0.15, -0.1) is 0 Å². The Labute approximate surface area is 200 Å². The van der Waals surface area contributed by atoms with E-state index in [1.54, 1.807) is 37.3 Å². The van der Waals surface area contributed by atoms with Crippen molar-refractivity contribution in [2.45, 2.75) is 18.7 Å².